The first-order chi connectivity index (χ1) is 24.0. The van der Waals surface area contributed by atoms with E-state index in [2.05, 4.69) is 16.9 Å². The maximum Gasteiger partial charge on any atom is 0.306 e. The van der Waals surface area contributed by atoms with E-state index in [1.165, 1.54) is 6.20 Å². The first-order valence-electron chi connectivity index (χ1n) is 17.4. The molecule has 0 aliphatic carbocycles. The van der Waals surface area contributed by atoms with Crippen molar-refractivity contribution < 1.29 is 27.1 Å². The van der Waals surface area contributed by atoms with Gasteiger partial charge in [0.25, 0.3) is 0 Å². The van der Waals surface area contributed by atoms with Gasteiger partial charge in [-0.2, -0.15) is 5.10 Å². The van der Waals surface area contributed by atoms with E-state index >= 15 is 8.78 Å². The zero-order valence-electron chi connectivity index (χ0n) is 29.9. The number of nitrogens with one attached hydrogen (secondary N) is 1. The van der Waals surface area contributed by atoms with Gasteiger partial charge in [-0.25, -0.2) is 26.9 Å². The van der Waals surface area contributed by atoms with E-state index in [0.29, 0.717) is 59.5 Å². The molecule has 0 saturated carbocycles. The number of H-pyrrole nitrogens is 1. The number of nitrogens with zero attached hydrogens (tertiary/aromatic N) is 4. The molecule has 2 N–H and O–H groups in total. The molecule has 3 aromatic heterocycles. The highest BCUT2D eigenvalue weighted by Gasteiger charge is 2.36. The van der Waals surface area contributed by atoms with Crippen molar-refractivity contribution in [3.8, 4) is 11.5 Å². The van der Waals surface area contributed by atoms with Crippen molar-refractivity contribution in [1.82, 2.24) is 24.7 Å². The molecule has 12 heteroatoms. The molecule has 1 aliphatic heterocycles. The van der Waals surface area contributed by atoms with Crippen LogP contribution in [0.4, 0.5) is 8.78 Å². The van der Waals surface area contributed by atoms with E-state index < -0.39 is 50.1 Å². The number of hydrogen-bond acceptors (Lipinski definition) is 6. The predicted molar refractivity (Wildman–Crippen MR) is 193 cm³/mol. The number of halogens is 2. The quantitative estimate of drug-likeness (QED) is 0.197. The van der Waals surface area contributed by atoms with Gasteiger partial charge in [-0.3, -0.25) is 9.78 Å². The number of pyridine rings is 1. The Morgan fingerprint density at radius 1 is 1.12 bits per heavy atom. The van der Waals surface area contributed by atoms with Crippen molar-refractivity contribution in [2.24, 2.45) is 18.4 Å². The third-order valence-corrected chi connectivity index (χ3v) is 12.6. The zero-order chi connectivity index (χ0) is 36.9. The van der Waals surface area contributed by atoms with Gasteiger partial charge in [0.2, 0.25) is 0 Å². The number of aryl methyl sites for hydroxylation is 2. The number of aliphatic carboxylic acids is 1. The Bertz CT molecular complexity index is 2230. The maximum atomic E-state index is 16.1. The fourth-order valence-corrected chi connectivity index (χ4v) is 9.66. The van der Waals surface area contributed by atoms with Crippen LogP contribution in [0.1, 0.15) is 93.4 Å². The average Bonchev–Trinajstić information content (AvgIpc) is 3.72. The Morgan fingerprint density at radius 2 is 1.88 bits per heavy atom. The van der Waals surface area contributed by atoms with Gasteiger partial charge < -0.3 is 10.1 Å². The average molecular weight is 718 g/mol. The lowest BCUT2D eigenvalue weighted by molar-refractivity contribution is -0.141. The molecule has 0 saturated heterocycles. The highest BCUT2D eigenvalue weighted by atomic mass is 32.2. The van der Waals surface area contributed by atoms with Crippen LogP contribution >= 0.6 is 0 Å². The van der Waals surface area contributed by atoms with Gasteiger partial charge in [0.05, 0.1) is 28.4 Å². The van der Waals surface area contributed by atoms with Crippen LogP contribution in [0.3, 0.4) is 0 Å². The highest BCUT2D eigenvalue weighted by molar-refractivity contribution is 7.91. The lowest BCUT2D eigenvalue weighted by Crippen LogP contribution is -2.29. The van der Waals surface area contributed by atoms with Crippen LogP contribution in [0.25, 0.3) is 22.4 Å². The molecule has 4 heterocycles. The second kappa shape index (κ2) is 13.6. The number of carboxylic acids is 1. The second-order valence-electron chi connectivity index (χ2n) is 15.2. The highest BCUT2D eigenvalue weighted by Crippen LogP contribution is 2.40. The first-order valence-corrected chi connectivity index (χ1v) is 19.2. The van der Waals surface area contributed by atoms with Crippen LogP contribution in [0, 0.1) is 23.0 Å². The van der Waals surface area contributed by atoms with E-state index in [0.717, 1.165) is 11.1 Å². The minimum Gasteiger partial charge on any atom is -0.481 e. The lowest BCUT2D eigenvalue weighted by Gasteiger charge is -2.31. The Morgan fingerprint density at radius 3 is 2.63 bits per heavy atom. The Hall–Kier alpha value is -4.45. The van der Waals surface area contributed by atoms with Crippen LogP contribution < -0.4 is 0 Å². The van der Waals surface area contributed by atoms with Crippen LogP contribution in [0.5, 0.6) is 0 Å². The summed E-state index contributed by atoms with van der Waals surface area (Å²) in [5, 5.41) is 14.9. The number of benzene rings is 2. The van der Waals surface area contributed by atoms with Gasteiger partial charge in [-0.1, -0.05) is 58.4 Å². The number of carbonyl (C=O) groups is 1. The number of aromatic amines is 1. The molecule has 51 heavy (non-hydrogen) atoms. The summed E-state index contributed by atoms with van der Waals surface area (Å²) >= 11 is 0. The monoisotopic (exact) mass is 717 g/mol. The zero-order valence-corrected chi connectivity index (χ0v) is 30.7. The van der Waals surface area contributed by atoms with Gasteiger partial charge in [-0.05, 0) is 78.5 Å². The second-order valence-corrected chi connectivity index (χ2v) is 17.4. The fraction of sp³-hybridized carbons (Fsp3) is 0.436. The standard InChI is InChI=1S/C39H45F2N5O4S/c1-23(36(47)48)19-25-9-7-10-27(20-25)39(5)15-8-14-38(3,4)22-51(49,50)18-13-28-29-12-17-43-34(29)33(41)32(40)31(28)24(2)26-11-16-42-30(21-26)35-44-37(39)45-46(35)6/h7,9-12,16-17,20-21,23-24,43H,8,13-15,18-19,22H2,1-6H3,(H,47,48)/t23-,24?,39-/m1/s1. The van der Waals surface area contributed by atoms with Gasteiger partial charge in [-0.15, -0.1) is 0 Å². The summed E-state index contributed by atoms with van der Waals surface area (Å²) in [7, 11) is -1.83. The molecular weight excluding hydrogens is 673 g/mol. The molecule has 2 aromatic carbocycles. The minimum absolute atomic E-state index is 0.0188. The number of hydrogen-bond donors (Lipinski definition) is 2. The van der Waals surface area contributed by atoms with E-state index in [-0.39, 0.29) is 29.0 Å². The number of carboxylic acid groups (broad SMARTS) is 1. The molecule has 1 aliphatic rings. The van der Waals surface area contributed by atoms with E-state index in [1.54, 1.807) is 50.0 Å². The Balaban J connectivity index is 1.51. The SMILES string of the molecule is CC1c2ccnc(c2)-c2nc(nn2C)[C@@](C)(c2cccc(C[C@@H](C)C(=O)O)c2)CCCC(C)(C)CS(=O)(=O)CCc2c1c(F)c(F)c1[nH]ccc21. The van der Waals surface area contributed by atoms with Crippen molar-refractivity contribution in [1.29, 1.82) is 0 Å². The van der Waals surface area contributed by atoms with E-state index in [1.807, 2.05) is 38.1 Å². The van der Waals surface area contributed by atoms with Gasteiger partial charge in [0.1, 0.15) is 5.69 Å². The van der Waals surface area contributed by atoms with Crippen LogP contribution in [-0.2, 0) is 39.9 Å². The third kappa shape index (κ3) is 7.20. The molecule has 6 rings (SSSR count). The predicted octanol–water partition coefficient (Wildman–Crippen LogP) is 7.53. The molecule has 0 amide bonds. The summed E-state index contributed by atoms with van der Waals surface area (Å²) in [4.78, 5) is 24.1. The molecule has 0 fully saturated rings. The normalized spacial score (nSPS) is 21.4. The van der Waals surface area contributed by atoms with Crippen molar-refractivity contribution >= 4 is 26.7 Å². The summed E-state index contributed by atoms with van der Waals surface area (Å²) in [6.07, 6.45) is 5.40. The van der Waals surface area contributed by atoms with Crippen molar-refractivity contribution in [3.05, 3.63) is 100 Å². The molecule has 1 unspecified atom stereocenters. The minimum atomic E-state index is -3.62. The van der Waals surface area contributed by atoms with Crippen molar-refractivity contribution in [2.75, 3.05) is 11.5 Å². The van der Waals surface area contributed by atoms with E-state index in [4.69, 9.17) is 10.1 Å². The summed E-state index contributed by atoms with van der Waals surface area (Å²) in [6.45, 7) is 9.42. The van der Waals surface area contributed by atoms with Crippen molar-refractivity contribution in [3.63, 3.8) is 0 Å². The summed E-state index contributed by atoms with van der Waals surface area (Å²) < 4.78 is 60.7. The topological polar surface area (TPSA) is 131 Å². The fourth-order valence-electron chi connectivity index (χ4n) is 7.66. The smallest absolute Gasteiger partial charge is 0.306 e. The number of sulfone groups is 1. The molecule has 0 radical (unpaired) electrons. The number of rotatable bonds is 4. The Kier molecular flexibility index (Phi) is 9.69. The molecular formula is C39H45F2N5O4S. The summed E-state index contributed by atoms with van der Waals surface area (Å²) in [5.74, 6) is -3.31. The summed E-state index contributed by atoms with van der Waals surface area (Å²) in [5.41, 5.74) is 2.28. The molecule has 270 valence electrons. The molecule has 4 bridgehead atoms. The van der Waals surface area contributed by atoms with Crippen LogP contribution in [-0.4, -0.2) is 55.7 Å². The molecule has 3 atom stereocenters. The maximum absolute atomic E-state index is 16.1. The number of aromatic nitrogens is 5. The first kappa shape index (κ1) is 36.3. The molecule has 5 aromatic rings. The lowest BCUT2D eigenvalue weighted by atomic mass is 9.75. The third-order valence-electron chi connectivity index (χ3n) is 10.6. The van der Waals surface area contributed by atoms with Gasteiger partial charge >= 0.3 is 5.97 Å². The van der Waals surface area contributed by atoms with Crippen LogP contribution in [0.15, 0.2) is 54.9 Å². The van der Waals surface area contributed by atoms with Crippen LogP contribution in [0.2, 0.25) is 0 Å². The molecule has 9 nitrogen and oxygen atoms in total. The van der Waals surface area contributed by atoms with E-state index in [9.17, 15) is 18.3 Å². The van der Waals surface area contributed by atoms with Crippen molar-refractivity contribution in [2.45, 2.75) is 78.1 Å². The summed E-state index contributed by atoms with van der Waals surface area (Å²) in [6, 6.07) is 13.1. The number of fused-ring (bicyclic) bond motifs is 8. The van der Waals surface area contributed by atoms with Gasteiger partial charge in [0, 0.05) is 36.3 Å². The largest absolute Gasteiger partial charge is 0.481 e. The molecule has 0 spiro atoms. The Labute approximate surface area is 297 Å². The van der Waals surface area contributed by atoms with Gasteiger partial charge in [0.15, 0.2) is 33.1 Å².